The number of nitriles is 1. The summed E-state index contributed by atoms with van der Waals surface area (Å²) in [5.41, 5.74) is 2.56. The van der Waals surface area contributed by atoms with Crippen LogP contribution in [0.3, 0.4) is 0 Å². The number of hydrogen-bond donors (Lipinski definition) is 2. The molecule has 5 heteroatoms. The van der Waals surface area contributed by atoms with E-state index in [0.29, 0.717) is 10.7 Å². The van der Waals surface area contributed by atoms with Crippen LogP contribution >= 0.6 is 11.6 Å². The van der Waals surface area contributed by atoms with Crippen LogP contribution in [-0.2, 0) is 11.2 Å². The van der Waals surface area contributed by atoms with Crippen molar-refractivity contribution >= 4 is 28.9 Å². The molecule has 0 aliphatic carbocycles. The van der Waals surface area contributed by atoms with Crippen molar-refractivity contribution in [2.75, 3.05) is 10.6 Å². The maximum Gasteiger partial charge on any atom is 0.267 e. The molecule has 2 rings (SSSR count). The van der Waals surface area contributed by atoms with E-state index in [2.05, 4.69) is 10.6 Å². The van der Waals surface area contributed by atoms with E-state index in [9.17, 15) is 10.1 Å². The average Bonchev–Trinajstić information content (AvgIpc) is 2.58. The molecule has 2 N–H and O–H groups in total. The number of nitrogens with one attached hydrogen (secondary N) is 2. The second-order valence-corrected chi connectivity index (χ2v) is 5.22. The third-order valence-corrected chi connectivity index (χ3v) is 3.49. The number of amides is 1. The van der Waals surface area contributed by atoms with Gasteiger partial charge in [0, 0.05) is 22.6 Å². The van der Waals surface area contributed by atoms with E-state index < -0.39 is 5.91 Å². The summed E-state index contributed by atoms with van der Waals surface area (Å²) in [4.78, 5) is 12.1. The number of carbonyl (C=O) groups excluding carboxylic acids is 1. The number of rotatable bonds is 5. The Balaban J connectivity index is 2.10. The molecule has 0 saturated heterocycles. The summed E-state index contributed by atoms with van der Waals surface area (Å²) in [7, 11) is 0. The molecular formula is C18H16ClN3O. The van der Waals surface area contributed by atoms with Crippen molar-refractivity contribution < 1.29 is 4.79 Å². The normalized spacial score (nSPS) is 10.7. The Kier molecular flexibility index (Phi) is 5.79. The van der Waals surface area contributed by atoms with Crippen LogP contribution < -0.4 is 10.6 Å². The van der Waals surface area contributed by atoms with Crippen LogP contribution in [0.25, 0.3) is 0 Å². The molecule has 1 amide bonds. The van der Waals surface area contributed by atoms with Crippen molar-refractivity contribution in [2.45, 2.75) is 13.3 Å². The van der Waals surface area contributed by atoms with Gasteiger partial charge in [0.1, 0.15) is 11.6 Å². The van der Waals surface area contributed by atoms with Gasteiger partial charge in [-0.15, -0.1) is 0 Å². The van der Waals surface area contributed by atoms with Gasteiger partial charge in [-0.2, -0.15) is 5.26 Å². The first-order valence-corrected chi connectivity index (χ1v) is 7.53. The van der Waals surface area contributed by atoms with Gasteiger partial charge < -0.3 is 10.6 Å². The van der Waals surface area contributed by atoms with Gasteiger partial charge >= 0.3 is 0 Å². The van der Waals surface area contributed by atoms with Crippen molar-refractivity contribution in [1.29, 1.82) is 5.26 Å². The van der Waals surface area contributed by atoms with Gasteiger partial charge in [0.05, 0.1) is 0 Å². The van der Waals surface area contributed by atoms with Gasteiger partial charge in [-0.3, -0.25) is 4.79 Å². The predicted molar refractivity (Wildman–Crippen MR) is 93.2 cm³/mol. The summed E-state index contributed by atoms with van der Waals surface area (Å²) in [5.74, 6) is -0.476. The molecule has 116 valence electrons. The summed E-state index contributed by atoms with van der Waals surface area (Å²) in [6.45, 7) is 2.04. The number of halogens is 1. The Labute approximate surface area is 140 Å². The molecule has 0 atom stereocenters. The SMILES string of the molecule is CCc1ccccc1N/C=C(/C#N)C(=O)Nc1ccc(Cl)cc1. The summed E-state index contributed by atoms with van der Waals surface area (Å²) in [6, 6.07) is 16.3. The van der Waals surface area contributed by atoms with Gasteiger partial charge in [-0.1, -0.05) is 36.7 Å². The van der Waals surface area contributed by atoms with Crippen molar-refractivity contribution in [2.24, 2.45) is 0 Å². The molecule has 2 aromatic rings. The molecule has 0 aromatic heterocycles. The summed E-state index contributed by atoms with van der Waals surface area (Å²) < 4.78 is 0. The first kappa shape index (κ1) is 16.6. The third kappa shape index (κ3) is 4.60. The summed E-state index contributed by atoms with van der Waals surface area (Å²) in [6.07, 6.45) is 2.27. The monoisotopic (exact) mass is 325 g/mol. The fourth-order valence-corrected chi connectivity index (χ4v) is 2.13. The van der Waals surface area contributed by atoms with Crippen LogP contribution in [0.5, 0.6) is 0 Å². The molecular weight excluding hydrogens is 310 g/mol. The van der Waals surface area contributed by atoms with Crippen molar-refractivity contribution in [3.63, 3.8) is 0 Å². The number of nitrogens with zero attached hydrogens (tertiary/aromatic N) is 1. The molecule has 0 heterocycles. The predicted octanol–water partition coefficient (Wildman–Crippen LogP) is 4.36. The second kappa shape index (κ2) is 8.02. The molecule has 23 heavy (non-hydrogen) atoms. The van der Waals surface area contributed by atoms with E-state index in [4.69, 9.17) is 11.6 Å². The van der Waals surface area contributed by atoms with Gasteiger partial charge in [-0.25, -0.2) is 0 Å². The van der Waals surface area contributed by atoms with Crippen LogP contribution in [0.4, 0.5) is 11.4 Å². The van der Waals surface area contributed by atoms with Crippen molar-refractivity contribution in [3.8, 4) is 6.07 Å². The van der Waals surface area contributed by atoms with Crippen LogP contribution in [-0.4, -0.2) is 5.91 Å². The lowest BCUT2D eigenvalue weighted by atomic mass is 10.1. The topological polar surface area (TPSA) is 64.9 Å². The molecule has 0 saturated carbocycles. The average molecular weight is 326 g/mol. The van der Waals surface area contributed by atoms with E-state index in [1.165, 1.54) is 6.20 Å². The minimum absolute atomic E-state index is 0.00847. The van der Waals surface area contributed by atoms with Crippen LogP contribution in [0.15, 0.2) is 60.3 Å². The molecule has 0 bridgehead atoms. The van der Waals surface area contributed by atoms with Crippen LogP contribution in [0, 0.1) is 11.3 Å². The lowest BCUT2D eigenvalue weighted by Gasteiger charge is -2.08. The molecule has 0 aliphatic rings. The second-order valence-electron chi connectivity index (χ2n) is 4.79. The lowest BCUT2D eigenvalue weighted by molar-refractivity contribution is -0.112. The number of anilines is 2. The lowest BCUT2D eigenvalue weighted by Crippen LogP contribution is -2.14. The minimum Gasteiger partial charge on any atom is -0.360 e. The van der Waals surface area contributed by atoms with E-state index in [1.54, 1.807) is 24.3 Å². The highest BCUT2D eigenvalue weighted by Crippen LogP contribution is 2.17. The van der Waals surface area contributed by atoms with Gasteiger partial charge in [-0.05, 0) is 42.3 Å². The molecule has 4 nitrogen and oxygen atoms in total. The first-order chi connectivity index (χ1) is 11.1. The third-order valence-electron chi connectivity index (χ3n) is 3.24. The van der Waals surface area contributed by atoms with Crippen molar-refractivity contribution in [3.05, 3.63) is 70.9 Å². The number of para-hydroxylation sites is 1. The summed E-state index contributed by atoms with van der Waals surface area (Å²) in [5, 5.41) is 15.4. The first-order valence-electron chi connectivity index (χ1n) is 7.15. The van der Waals surface area contributed by atoms with Gasteiger partial charge in [0.2, 0.25) is 0 Å². The molecule has 0 radical (unpaired) electrons. The van der Waals surface area contributed by atoms with Gasteiger partial charge in [0.15, 0.2) is 0 Å². The van der Waals surface area contributed by atoms with E-state index >= 15 is 0 Å². The number of carbonyl (C=O) groups is 1. The Morgan fingerprint density at radius 3 is 2.57 bits per heavy atom. The summed E-state index contributed by atoms with van der Waals surface area (Å²) >= 11 is 5.80. The fraction of sp³-hybridized carbons (Fsp3) is 0.111. The maximum absolute atomic E-state index is 12.1. The Morgan fingerprint density at radius 2 is 1.91 bits per heavy atom. The standard InChI is InChI=1S/C18H16ClN3O/c1-2-13-5-3-4-6-17(13)21-12-14(11-20)18(23)22-16-9-7-15(19)8-10-16/h3-10,12,21H,2H2,1H3,(H,22,23)/b14-12-. The molecule has 0 aliphatic heterocycles. The Hall–Kier alpha value is -2.77. The number of hydrogen-bond acceptors (Lipinski definition) is 3. The quantitative estimate of drug-likeness (QED) is 0.634. The highest BCUT2D eigenvalue weighted by atomic mass is 35.5. The molecule has 0 spiro atoms. The maximum atomic E-state index is 12.1. The number of benzene rings is 2. The van der Waals surface area contributed by atoms with E-state index in [-0.39, 0.29) is 5.57 Å². The molecule has 0 unspecified atom stereocenters. The molecule has 2 aromatic carbocycles. The highest BCUT2D eigenvalue weighted by molar-refractivity contribution is 6.30. The Morgan fingerprint density at radius 1 is 1.22 bits per heavy atom. The largest absolute Gasteiger partial charge is 0.360 e. The zero-order valence-corrected chi connectivity index (χ0v) is 13.4. The van der Waals surface area contributed by atoms with Crippen molar-refractivity contribution in [1.82, 2.24) is 0 Å². The fourth-order valence-electron chi connectivity index (χ4n) is 2.00. The van der Waals surface area contributed by atoms with Crippen LogP contribution in [0.2, 0.25) is 5.02 Å². The highest BCUT2D eigenvalue weighted by Gasteiger charge is 2.09. The number of aryl methyl sites for hydroxylation is 1. The van der Waals surface area contributed by atoms with Crippen LogP contribution in [0.1, 0.15) is 12.5 Å². The zero-order valence-electron chi connectivity index (χ0n) is 12.6. The Bertz CT molecular complexity index is 761. The van der Waals surface area contributed by atoms with E-state index in [1.807, 2.05) is 37.3 Å². The molecule has 0 fully saturated rings. The smallest absolute Gasteiger partial charge is 0.267 e. The van der Waals surface area contributed by atoms with E-state index in [0.717, 1.165) is 17.7 Å². The minimum atomic E-state index is -0.476. The van der Waals surface area contributed by atoms with Gasteiger partial charge in [0.25, 0.3) is 5.91 Å². The zero-order chi connectivity index (χ0) is 16.7.